The quantitative estimate of drug-likeness (QED) is 0.834. The Morgan fingerprint density at radius 3 is 2.76 bits per heavy atom. The first-order chi connectivity index (χ1) is 10.1. The first-order valence-electron chi connectivity index (χ1n) is 8.49. The van der Waals surface area contributed by atoms with Gasteiger partial charge in [-0.2, -0.15) is 0 Å². The average Bonchev–Trinajstić information content (AvgIpc) is 2.84. The second-order valence-corrected chi connectivity index (χ2v) is 7.75. The van der Waals surface area contributed by atoms with Crippen molar-refractivity contribution in [2.45, 2.75) is 66.0 Å². The maximum absolute atomic E-state index is 4.77. The zero-order valence-electron chi connectivity index (χ0n) is 14.1. The zero-order valence-corrected chi connectivity index (χ0v) is 14.9. The maximum Gasteiger partial charge on any atom is 0.0944 e. The monoisotopic (exact) mass is 309 g/mol. The first kappa shape index (κ1) is 16.9. The summed E-state index contributed by atoms with van der Waals surface area (Å²) in [4.78, 5) is 8.78. The number of aryl methyl sites for hydroxylation is 1. The lowest BCUT2D eigenvalue weighted by atomic mass is 9.99. The summed E-state index contributed by atoms with van der Waals surface area (Å²) in [7, 11) is 0. The predicted molar refractivity (Wildman–Crippen MR) is 92.0 cm³/mol. The van der Waals surface area contributed by atoms with Crippen LogP contribution in [0.2, 0.25) is 0 Å². The minimum atomic E-state index is 0.588. The molecule has 0 amide bonds. The van der Waals surface area contributed by atoms with Crippen molar-refractivity contribution in [1.82, 2.24) is 15.2 Å². The fraction of sp³-hybridized carbons (Fsp3) is 0.824. The highest BCUT2D eigenvalue weighted by Gasteiger charge is 2.16. The largest absolute Gasteiger partial charge is 0.309 e. The van der Waals surface area contributed by atoms with Gasteiger partial charge in [0.15, 0.2) is 0 Å². The van der Waals surface area contributed by atoms with Gasteiger partial charge in [0.05, 0.1) is 10.7 Å². The lowest BCUT2D eigenvalue weighted by molar-refractivity contribution is 0.194. The molecule has 21 heavy (non-hydrogen) atoms. The fourth-order valence-corrected chi connectivity index (χ4v) is 3.72. The van der Waals surface area contributed by atoms with E-state index in [4.69, 9.17) is 4.98 Å². The van der Waals surface area contributed by atoms with Crippen LogP contribution in [0.15, 0.2) is 0 Å². The molecule has 2 heterocycles. The van der Waals surface area contributed by atoms with Crippen molar-refractivity contribution in [3.05, 3.63) is 15.6 Å². The second-order valence-electron chi connectivity index (χ2n) is 6.58. The van der Waals surface area contributed by atoms with E-state index < -0.39 is 0 Å². The van der Waals surface area contributed by atoms with Crippen LogP contribution in [-0.2, 0) is 13.0 Å². The molecule has 0 saturated carbocycles. The van der Waals surface area contributed by atoms with Crippen LogP contribution in [0.4, 0.5) is 0 Å². The van der Waals surface area contributed by atoms with Crippen LogP contribution in [0, 0.1) is 12.8 Å². The van der Waals surface area contributed by atoms with Gasteiger partial charge in [-0.25, -0.2) is 4.98 Å². The van der Waals surface area contributed by atoms with E-state index in [-0.39, 0.29) is 0 Å². The number of rotatable bonds is 7. The summed E-state index contributed by atoms with van der Waals surface area (Å²) in [6.45, 7) is 13.7. The summed E-state index contributed by atoms with van der Waals surface area (Å²) in [5.41, 5.74) is 1.22. The van der Waals surface area contributed by atoms with E-state index in [0.717, 1.165) is 18.9 Å². The van der Waals surface area contributed by atoms with Gasteiger partial charge < -0.3 is 10.2 Å². The number of thiazole rings is 1. The fourth-order valence-electron chi connectivity index (χ4n) is 2.71. The van der Waals surface area contributed by atoms with Crippen LogP contribution in [0.1, 0.15) is 55.6 Å². The molecule has 0 bridgehead atoms. The van der Waals surface area contributed by atoms with Crippen molar-refractivity contribution < 1.29 is 0 Å². The Labute approximate surface area is 134 Å². The van der Waals surface area contributed by atoms with Crippen molar-refractivity contribution >= 4 is 11.3 Å². The van der Waals surface area contributed by atoms with Gasteiger partial charge in [0.25, 0.3) is 0 Å². The Morgan fingerprint density at radius 1 is 1.38 bits per heavy atom. The summed E-state index contributed by atoms with van der Waals surface area (Å²) in [6, 6.07) is 0.588. The number of piperidine rings is 1. The third-order valence-corrected chi connectivity index (χ3v) is 5.90. The normalized spacial score (nSPS) is 19.0. The number of likely N-dealkylation sites (tertiary alicyclic amines) is 1. The van der Waals surface area contributed by atoms with Gasteiger partial charge in [0, 0.05) is 30.4 Å². The molecule has 1 aliphatic heterocycles. The number of nitrogens with one attached hydrogen (secondary N) is 1. The van der Waals surface area contributed by atoms with Crippen molar-refractivity contribution in [3.8, 4) is 0 Å². The molecule has 0 spiro atoms. The lowest BCUT2D eigenvalue weighted by Crippen LogP contribution is -2.34. The van der Waals surface area contributed by atoms with Crippen LogP contribution in [-0.4, -0.2) is 35.6 Å². The molecule has 0 radical (unpaired) electrons. The van der Waals surface area contributed by atoms with E-state index in [2.05, 4.69) is 37.9 Å². The van der Waals surface area contributed by atoms with Crippen LogP contribution in [0.3, 0.4) is 0 Å². The standard InChI is InChI=1S/C17H31N3S/c1-5-14(3)18-12-16-15(4)19-17(21-16)8-11-20-9-6-13(2)7-10-20/h13-14,18H,5-12H2,1-4H3. The molecular formula is C17H31N3S. The molecule has 120 valence electrons. The third-order valence-electron chi connectivity index (χ3n) is 4.68. The predicted octanol–water partition coefficient (Wildman–Crippen LogP) is 3.61. The maximum atomic E-state index is 4.77. The van der Waals surface area contributed by atoms with Gasteiger partial charge in [-0.3, -0.25) is 0 Å². The Hall–Kier alpha value is -0.450. The summed E-state index contributed by atoms with van der Waals surface area (Å²) < 4.78 is 0. The SMILES string of the molecule is CCC(C)NCc1sc(CCN2CCC(C)CC2)nc1C. The minimum absolute atomic E-state index is 0.588. The van der Waals surface area contributed by atoms with Gasteiger partial charge in [0.1, 0.15) is 0 Å². The van der Waals surface area contributed by atoms with Crippen LogP contribution >= 0.6 is 11.3 Å². The second kappa shape index (κ2) is 8.25. The van der Waals surface area contributed by atoms with Gasteiger partial charge in [-0.15, -0.1) is 11.3 Å². The summed E-state index contributed by atoms with van der Waals surface area (Å²) >= 11 is 1.90. The van der Waals surface area contributed by atoms with Gasteiger partial charge in [-0.05, 0) is 52.1 Å². The molecular weight excluding hydrogens is 278 g/mol. The highest BCUT2D eigenvalue weighted by atomic mass is 32.1. The molecule has 2 rings (SSSR count). The van der Waals surface area contributed by atoms with E-state index in [1.165, 1.54) is 54.5 Å². The molecule has 1 aromatic rings. The zero-order chi connectivity index (χ0) is 15.2. The molecule has 3 nitrogen and oxygen atoms in total. The molecule has 1 aromatic heterocycles. The van der Waals surface area contributed by atoms with E-state index in [1.54, 1.807) is 0 Å². The highest BCUT2D eigenvalue weighted by molar-refractivity contribution is 7.11. The van der Waals surface area contributed by atoms with Crippen molar-refractivity contribution in [3.63, 3.8) is 0 Å². The van der Waals surface area contributed by atoms with E-state index in [0.29, 0.717) is 6.04 Å². The smallest absolute Gasteiger partial charge is 0.0944 e. The van der Waals surface area contributed by atoms with Gasteiger partial charge >= 0.3 is 0 Å². The summed E-state index contributed by atoms with van der Waals surface area (Å²) in [5.74, 6) is 0.918. The van der Waals surface area contributed by atoms with Crippen molar-refractivity contribution in [1.29, 1.82) is 0 Å². The Balaban J connectivity index is 1.78. The molecule has 0 aliphatic carbocycles. The van der Waals surface area contributed by atoms with Crippen LogP contribution in [0.25, 0.3) is 0 Å². The number of aromatic nitrogens is 1. The molecule has 4 heteroatoms. The topological polar surface area (TPSA) is 28.2 Å². The average molecular weight is 310 g/mol. The van der Waals surface area contributed by atoms with Crippen LogP contribution in [0.5, 0.6) is 0 Å². The Bertz CT molecular complexity index is 422. The van der Waals surface area contributed by atoms with E-state index >= 15 is 0 Å². The number of hydrogen-bond donors (Lipinski definition) is 1. The summed E-state index contributed by atoms with van der Waals surface area (Å²) in [6.07, 6.45) is 5.02. The molecule has 0 aromatic carbocycles. The Morgan fingerprint density at radius 2 is 2.10 bits per heavy atom. The minimum Gasteiger partial charge on any atom is -0.309 e. The van der Waals surface area contributed by atoms with Crippen molar-refractivity contribution in [2.75, 3.05) is 19.6 Å². The number of nitrogens with zero attached hydrogens (tertiary/aromatic N) is 2. The van der Waals surface area contributed by atoms with Gasteiger partial charge in [0.2, 0.25) is 0 Å². The number of hydrogen-bond acceptors (Lipinski definition) is 4. The molecule has 1 atom stereocenters. The molecule has 1 saturated heterocycles. The lowest BCUT2D eigenvalue weighted by Gasteiger charge is -2.29. The first-order valence-corrected chi connectivity index (χ1v) is 9.31. The third kappa shape index (κ3) is 5.35. The molecule has 1 fully saturated rings. The molecule has 1 aliphatic rings. The van der Waals surface area contributed by atoms with Gasteiger partial charge in [-0.1, -0.05) is 13.8 Å². The van der Waals surface area contributed by atoms with E-state index in [9.17, 15) is 0 Å². The molecule has 1 unspecified atom stereocenters. The Kier molecular flexibility index (Phi) is 6.65. The summed E-state index contributed by atoms with van der Waals surface area (Å²) in [5, 5.41) is 4.89. The molecule has 1 N–H and O–H groups in total. The van der Waals surface area contributed by atoms with Crippen molar-refractivity contribution in [2.24, 2.45) is 5.92 Å². The van der Waals surface area contributed by atoms with Crippen LogP contribution < -0.4 is 5.32 Å². The van der Waals surface area contributed by atoms with E-state index in [1.807, 2.05) is 11.3 Å². The highest BCUT2D eigenvalue weighted by Crippen LogP contribution is 2.20.